The fraction of sp³-hybridized carbons (Fsp3) is 0.444. The van der Waals surface area contributed by atoms with Crippen LogP contribution in [0.3, 0.4) is 0 Å². The van der Waals surface area contributed by atoms with Crippen LogP contribution in [0.25, 0.3) is 0 Å². The lowest BCUT2D eigenvalue weighted by Gasteiger charge is -2.11. The number of hydrogen-bond acceptors (Lipinski definition) is 1. The molecule has 1 atom stereocenters. The van der Waals surface area contributed by atoms with E-state index in [-0.39, 0.29) is 0 Å². The molecule has 0 amide bonds. The average molecular weight is 133 g/mol. The Hall–Kier alpha value is -0.850. The first kappa shape index (κ1) is 5.90. The molecule has 0 N–H and O–H groups in total. The Balaban J connectivity index is 2.32. The minimum Gasteiger partial charge on any atom is -0.278 e. The molecule has 0 radical (unpaired) electrons. The van der Waals surface area contributed by atoms with Crippen molar-refractivity contribution in [2.75, 3.05) is 0 Å². The van der Waals surface area contributed by atoms with Crippen LogP contribution in [0.15, 0.2) is 28.8 Å². The molecule has 0 spiro atoms. The summed E-state index contributed by atoms with van der Waals surface area (Å²) in [6.07, 6.45) is 9.05. The summed E-state index contributed by atoms with van der Waals surface area (Å²) in [6.45, 7) is 2.07. The summed E-state index contributed by atoms with van der Waals surface area (Å²) in [4.78, 5) is 4.45. The fourth-order valence-corrected chi connectivity index (χ4v) is 1.56. The summed E-state index contributed by atoms with van der Waals surface area (Å²) >= 11 is 0. The second-order valence-corrected chi connectivity index (χ2v) is 2.90. The highest BCUT2D eigenvalue weighted by molar-refractivity contribution is 5.96. The Morgan fingerprint density at radius 1 is 1.60 bits per heavy atom. The molecule has 0 fully saturated rings. The molecule has 0 saturated heterocycles. The summed E-state index contributed by atoms with van der Waals surface area (Å²) in [7, 11) is 0. The third-order valence-corrected chi connectivity index (χ3v) is 2.03. The SMILES string of the molecule is CC1=NC2C=CCCC2=C1. The van der Waals surface area contributed by atoms with Gasteiger partial charge in [-0.1, -0.05) is 12.2 Å². The third-order valence-electron chi connectivity index (χ3n) is 2.03. The van der Waals surface area contributed by atoms with Gasteiger partial charge < -0.3 is 0 Å². The van der Waals surface area contributed by atoms with E-state index < -0.39 is 0 Å². The van der Waals surface area contributed by atoms with Crippen molar-refractivity contribution in [1.82, 2.24) is 0 Å². The van der Waals surface area contributed by atoms with E-state index >= 15 is 0 Å². The van der Waals surface area contributed by atoms with Gasteiger partial charge in [0.05, 0.1) is 6.04 Å². The molecule has 1 aliphatic carbocycles. The Kier molecular flexibility index (Phi) is 1.23. The molecular weight excluding hydrogens is 122 g/mol. The fourth-order valence-electron chi connectivity index (χ4n) is 1.56. The van der Waals surface area contributed by atoms with Gasteiger partial charge in [0.2, 0.25) is 0 Å². The predicted octanol–water partition coefficient (Wildman–Crippen LogP) is 2.11. The predicted molar refractivity (Wildman–Crippen MR) is 43.4 cm³/mol. The summed E-state index contributed by atoms with van der Waals surface area (Å²) in [5.74, 6) is 0. The molecule has 0 aromatic rings. The highest BCUT2D eigenvalue weighted by Gasteiger charge is 2.17. The number of allylic oxidation sites excluding steroid dienone is 2. The van der Waals surface area contributed by atoms with Crippen LogP contribution in [0.4, 0.5) is 0 Å². The van der Waals surface area contributed by atoms with Crippen LogP contribution in [0, 0.1) is 0 Å². The van der Waals surface area contributed by atoms with Crippen molar-refractivity contribution in [1.29, 1.82) is 0 Å². The molecule has 1 nitrogen and oxygen atoms in total. The maximum Gasteiger partial charge on any atom is 0.0897 e. The van der Waals surface area contributed by atoms with Crippen molar-refractivity contribution in [2.45, 2.75) is 25.8 Å². The van der Waals surface area contributed by atoms with Crippen LogP contribution >= 0.6 is 0 Å². The minimum atomic E-state index is 0.411. The maximum atomic E-state index is 4.45. The lowest BCUT2D eigenvalue weighted by molar-refractivity contribution is 0.823. The van der Waals surface area contributed by atoms with Gasteiger partial charge >= 0.3 is 0 Å². The lowest BCUT2D eigenvalue weighted by atomic mass is 9.98. The van der Waals surface area contributed by atoms with Gasteiger partial charge in [-0.15, -0.1) is 0 Å². The number of nitrogens with zero attached hydrogens (tertiary/aromatic N) is 1. The molecular formula is C9H11N. The van der Waals surface area contributed by atoms with Crippen LogP contribution in [-0.2, 0) is 0 Å². The van der Waals surface area contributed by atoms with E-state index in [2.05, 4.69) is 30.1 Å². The first-order valence-electron chi connectivity index (χ1n) is 3.78. The van der Waals surface area contributed by atoms with Crippen molar-refractivity contribution in [3.8, 4) is 0 Å². The monoisotopic (exact) mass is 133 g/mol. The zero-order valence-electron chi connectivity index (χ0n) is 6.17. The number of fused-ring (bicyclic) bond motifs is 1. The highest BCUT2D eigenvalue weighted by Crippen LogP contribution is 2.24. The Labute approximate surface area is 61.2 Å². The van der Waals surface area contributed by atoms with Gasteiger partial charge in [0.25, 0.3) is 0 Å². The lowest BCUT2D eigenvalue weighted by Crippen LogP contribution is -2.04. The van der Waals surface area contributed by atoms with Crippen LogP contribution in [-0.4, -0.2) is 11.8 Å². The first-order chi connectivity index (χ1) is 4.86. The van der Waals surface area contributed by atoms with Gasteiger partial charge in [-0.2, -0.15) is 0 Å². The molecule has 1 heteroatoms. The molecule has 1 unspecified atom stereocenters. The zero-order valence-corrected chi connectivity index (χ0v) is 6.17. The molecule has 0 aromatic carbocycles. The molecule has 1 heterocycles. The summed E-state index contributed by atoms with van der Waals surface area (Å²) < 4.78 is 0. The van der Waals surface area contributed by atoms with Crippen molar-refractivity contribution in [2.24, 2.45) is 4.99 Å². The zero-order chi connectivity index (χ0) is 6.97. The molecule has 0 bridgehead atoms. The highest BCUT2D eigenvalue weighted by atomic mass is 14.8. The first-order valence-corrected chi connectivity index (χ1v) is 3.78. The minimum absolute atomic E-state index is 0.411. The Morgan fingerprint density at radius 2 is 2.50 bits per heavy atom. The Bertz CT molecular complexity index is 233. The molecule has 0 aromatic heterocycles. The van der Waals surface area contributed by atoms with Crippen LogP contribution in [0.5, 0.6) is 0 Å². The van der Waals surface area contributed by atoms with Crippen molar-refractivity contribution in [3.05, 3.63) is 23.8 Å². The number of rotatable bonds is 0. The van der Waals surface area contributed by atoms with E-state index in [9.17, 15) is 0 Å². The molecule has 52 valence electrons. The quantitative estimate of drug-likeness (QED) is 0.449. The van der Waals surface area contributed by atoms with E-state index in [1.165, 1.54) is 24.1 Å². The number of hydrogen-bond donors (Lipinski definition) is 0. The second kappa shape index (κ2) is 2.08. The molecule has 2 rings (SSSR count). The molecule has 2 aliphatic rings. The molecule has 0 saturated carbocycles. The van der Waals surface area contributed by atoms with E-state index in [4.69, 9.17) is 0 Å². The van der Waals surface area contributed by atoms with Gasteiger partial charge in [-0.3, -0.25) is 4.99 Å². The standard InChI is InChI=1S/C9H11N/c1-7-6-8-4-2-3-5-9(8)10-7/h3,5-6,9H,2,4H2,1H3. The Morgan fingerprint density at radius 3 is 3.30 bits per heavy atom. The van der Waals surface area contributed by atoms with Gasteiger partial charge in [0.15, 0.2) is 0 Å². The number of aliphatic imine (C=N–C) groups is 1. The van der Waals surface area contributed by atoms with Gasteiger partial charge in [-0.25, -0.2) is 0 Å². The van der Waals surface area contributed by atoms with Gasteiger partial charge in [0, 0.05) is 5.71 Å². The normalized spacial score (nSPS) is 29.5. The van der Waals surface area contributed by atoms with Crippen molar-refractivity contribution < 1.29 is 0 Å². The van der Waals surface area contributed by atoms with Crippen molar-refractivity contribution >= 4 is 5.71 Å². The van der Waals surface area contributed by atoms with E-state index in [1.807, 2.05) is 0 Å². The summed E-state index contributed by atoms with van der Waals surface area (Å²) in [5.41, 5.74) is 2.69. The van der Waals surface area contributed by atoms with E-state index in [0.29, 0.717) is 6.04 Å². The summed E-state index contributed by atoms with van der Waals surface area (Å²) in [5, 5.41) is 0. The van der Waals surface area contributed by atoms with Gasteiger partial charge in [-0.05, 0) is 31.4 Å². The van der Waals surface area contributed by atoms with Gasteiger partial charge in [0.1, 0.15) is 0 Å². The van der Waals surface area contributed by atoms with E-state index in [0.717, 1.165) is 0 Å². The van der Waals surface area contributed by atoms with Crippen molar-refractivity contribution in [3.63, 3.8) is 0 Å². The summed E-state index contributed by atoms with van der Waals surface area (Å²) in [6, 6.07) is 0.411. The smallest absolute Gasteiger partial charge is 0.0897 e. The average Bonchev–Trinajstić information content (AvgIpc) is 2.27. The molecule has 1 aliphatic heterocycles. The topological polar surface area (TPSA) is 12.4 Å². The maximum absolute atomic E-state index is 4.45. The van der Waals surface area contributed by atoms with Crippen LogP contribution in [0.2, 0.25) is 0 Å². The second-order valence-electron chi connectivity index (χ2n) is 2.90. The van der Waals surface area contributed by atoms with Crippen LogP contribution in [0.1, 0.15) is 19.8 Å². The third kappa shape index (κ3) is 0.821. The largest absolute Gasteiger partial charge is 0.278 e. The van der Waals surface area contributed by atoms with Crippen LogP contribution < -0.4 is 0 Å². The molecule has 10 heavy (non-hydrogen) atoms. The van der Waals surface area contributed by atoms with E-state index in [1.54, 1.807) is 0 Å².